The first kappa shape index (κ1) is 9.09. The summed E-state index contributed by atoms with van der Waals surface area (Å²) in [6, 6.07) is 8.14. The molecule has 3 heteroatoms. The van der Waals surface area contributed by atoms with Crippen molar-refractivity contribution in [2.45, 2.75) is 6.92 Å². The van der Waals surface area contributed by atoms with E-state index in [-0.39, 0.29) is 0 Å². The minimum Gasteiger partial charge on any atom is -0.297 e. The Balaban J connectivity index is 2.59. The van der Waals surface area contributed by atoms with Gasteiger partial charge in [-0.05, 0) is 23.9 Å². The Morgan fingerprint density at radius 1 is 1.31 bits per heavy atom. The molecule has 0 radical (unpaired) electrons. The number of rotatable bonds is 1. The molecule has 0 atom stereocenters. The molecule has 0 spiro atoms. The van der Waals surface area contributed by atoms with Gasteiger partial charge < -0.3 is 0 Å². The van der Waals surface area contributed by atoms with Gasteiger partial charge in [-0.2, -0.15) is 0 Å². The SMILES string of the molecule is Cc1cccc2ccn3c(C=O)cnc3c12. The molecule has 0 unspecified atom stereocenters. The van der Waals surface area contributed by atoms with E-state index in [1.807, 2.05) is 22.7 Å². The van der Waals surface area contributed by atoms with E-state index in [0.717, 1.165) is 22.7 Å². The van der Waals surface area contributed by atoms with Crippen molar-refractivity contribution in [3.63, 3.8) is 0 Å². The Morgan fingerprint density at radius 2 is 2.19 bits per heavy atom. The van der Waals surface area contributed by atoms with Gasteiger partial charge in [-0.3, -0.25) is 9.20 Å². The second-order valence-corrected chi connectivity index (χ2v) is 3.85. The molecule has 0 aliphatic rings. The van der Waals surface area contributed by atoms with Crippen molar-refractivity contribution in [3.05, 3.63) is 47.9 Å². The topological polar surface area (TPSA) is 34.4 Å². The van der Waals surface area contributed by atoms with Gasteiger partial charge in [0.2, 0.25) is 0 Å². The summed E-state index contributed by atoms with van der Waals surface area (Å²) in [7, 11) is 0. The average molecular weight is 210 g/mol. The second kappa shape index (κ2) is 3.17. The molecule has 0 saturated heterocycles. The van der Waals surface area contributed by atoms with E-state index >= 15 is 0 Å². The van der Waals surface area contributed by atoms with Gasteiger partial charge in [0, 0.05) is 11.6 Å². The first-order chi connectivity index (χ1) is 7.81. The van der Waals surface area contributed by atoms with Crippen LogP contribution in [0.1, 0.15) is 16.1 Å². The highest BCUT2D eigenvalue weighted by Gasteiger charge is 2.07. The monoisotopic (exact) mass is 210 g/mol. The van der Waals surface area contributed by atoms with Gasteiger partial charge in [-0.1, -0.05) is 18.2 Å². The molecule has 0 saturated carbocycles. The molecule has 2 heterocycles. The number of hydrogen-bond donors (Lipinski definition) is 0. The van der Waals surface area contributed by atoms with Crippen molar-refractivity contribution >= 4 is 22.7 Å². The summed E-state index contributed by atoms with van der Waals surface area (Å²) in [6.45, 7) is 2.05. The van der Waals surface area contributed by atoms with E-state index < -0.39 is 0 Å². The van der Waals surface area contributed by atoms with Crippen LogP contribution in [0.2, 0.25) is 0 Å². The van der Waals surface area contributed by atoms with Crippen LogP contribution in [0.25, 0.3) is 16.4 Å². The van der Waals surface area contributed by atoms with Crippen LogP contribution in [0, 0.1) is 6.92 Å². The van der Waals surface area contributed by atoms with Crippen molar-refractivity contribution in [2.75, 3.05) is 0 Å². The highest BCUT2D eigenvalue weighted by molar-refractivity contribution is 5.97. The Bertz CT molecular complexity index is 698. The highest BCUT2D eigenvalue weighted by atomic mass is 16.1. The Labute approximate surface area is 92.3 Å². The van der Waals surface area contributed by atoms with E-state index in [2.05, 4.69) is 24.0 Å². The number of pyridine rings is 1. The van der Waals surface area contributed by atoms with Crippen LogP contribution in [0.3, 0.4) is 0 Å². The minimum atomic E-state index is 0.583. The zero-order valence-electron chi connectivity index (χ0n) is 8.84. The molecular formula is C13H10N2O. The maximum atomic E-state index is 10.8. The fourth-order valence-electron chi connectivity index (χ4n) is 2.09. The van der Waals surface area contributed by atoms with Gasteiger partial charge in [-0.25, -0.2) is 4.98 Å². The quantitative estimate of drug-likeness (QED) is 0.578. The number of aldehydes is 1. The van der Waals surface area contributed by atoms with E-state index in [9.17, 15) is 4.79 Å². The van der Waals surface area contributed by atoms with Crippen molar-refractivity contribution in [1.82, 2.24) is 9.38 Å². The highest BCUT2D eigenvalue weighted by Crippen LogP contribution is 2.23. The van der Waals surface area contributed by atoms with Crippen LogP contribution in [0.4, 0.5) is 0 Å². The summed E-state index contributed by atoms with van der Waals surface area (Å²) in [6.07, 6.45) is 4.31. The van der Waals surface area contributed by atoms with Gasteiger partial charge in [-0.15, -0.1) is 0 Å². The van der Waals surface area contributed by atoms with Gasteiger partial charge in [0.1, 0.15) is 11.3 Å². The van der Waals surface area contributed by atoms with Crippen LogP contribution >= 0.6 is 0 Å². The number of aryl methyl sites for hydroxylation is 1. The Morgan fingerprint density at radius 3 is 3.00 bits per heavy atom. The molecule has 0 bridgehead atoms. The molecule has 16 heavy (non-hydrogen) atoms. The van der Waals surface area contributed by atoms with E-state index in [1.165, 1.54) is 5.56 Å². The zero-order chi connectivity index (χ0) is 11.1. The molecule has 3 aromatic rings. The summed E-state index contributed by atoms with van der Waals surface area (Å²) in [4.78, 5) is 15.2. The van der Waals surface area contributed by atoms with Gasteiger partial charge >= 0.3 is 0 Å². The number of fused-ring (bicyclic) bond motifs is 3. The predicted molar refractivity (Wildman–Crippen MR) is 62.8 cm³/mol. The third-order valence-electron chi connectivity index (χ3n) is 2.88. The van der Waals surface area contributed by atoms with Crippen LogP contribution in [-0.4, -0.2) is 15.7 Å². The average Bonchev–Trinajstić information content (AvgIpc) is 2.72. The van der Waals surface area contributed by atoms with Crippen LogP contribution in [-0.2, 0) is 0 Å². The number of benzene rings is 1. The molecule has 1 aromatic carbocycles. The Hall–Kier alpha value is -2.16. The molecule has 2 aromatic heterocycles. The first-order valence-electron chi connectivity index (χ1n) is 5.12. The molecule has 3 nitrogen and oxygen atoms in total. The van der Waals surface area contributed by atoms with Crippen molar-refractivity contribution in [3.8, 4) is 0 Å². The number of imidazole rings is 1. The number of aromatic nitrogens is 2. The van der Waals surface area contributed by atoms with E-state index in [1.54, 1.807) is 6.20 Å². The summed E-state index contributed by atoms with van der Waals surface area (Å²) in [5, 5.41) is 2.26. The van der Waals surface area contributed by atoms with Crippen molar-refractivity contribution < 1.29 is 4.79 Å². The van der Waals surface area contributed by atoms with Crippen LogP contribution in [0.15, 0.2) is 36.7 Å². The summed E-state index contributed by atoms with van der Waals surface area (Å²) >= 11 is 0. The predicted octanol–water partition coefficient (Wildman–Crippen LogP) is 2.61. The van der Waals surface area contributed by atoms with Gasteiger partial charge in [0.25, 0.3) is 0 Å². The fourth-order valence-corrected chi connectivity index (χ4v) is 2.09. The van der Waals surface area contributed by atoms with Crippen molar-refractivity contribution in [1.29, 1.82) is 0 Å². The first-order valence-corrected chi connectivity index (χ1v) is 5.12. The maximum absolute atomic E-state index is 10.8. The lowest BCUT2D eigenvalue weighted by Crippen LogP contribution is -1.91. The lowest BCUT2D eigenvalue weighted by molar-refractivity contribution is 0.111. The zero-order valence-corrected chi connectivity index (χ0v) is 8.84. The smallest absolute Gasteiger partial charge is 0.168 e. The van der Waals surface area contributed by atoms with Gasteiger partial charge in [0.05, 0.1) is 6.20 Å². The number of carbonyl (C=O) groups excluding carboxylic acids is 1. The lowest BCUT2D eigenvalue weighted by atomic mass is 10.1. The Kier molecular flexibility index (Phi) is 1.80. The standard InChI is InChI=1S/C13H10N2O/c1-9-3-2-4-10-5-6-15-11(8-16)7-14-13(15)12(9)10/h2-8H,1H3. The van der Waals surface area contributed by atoms with Gasteiger partial charge in [0.15, 0.2) is 6.29 Å². The molecule has 3 rings (SSSR count). The maximum Gasteiger partial charge on any atom is 0.168 e. The molecule has 78 valence electrons. The molecule has 0 fully saturated rings. The molecule has 0 aliphatic carbocycles. The van der Waals surface area contributed by atoms with Crippen molar-refractivity contribution in [2.24, 2.45) is 0 Å². The molecule has 0 N–H and O–H groups in total. The summed E-state index contributed by atoms with van der Waals surface area (Å²) in [5.41, 5.74) is 2.60. The third kappa shape index (κ3) is 1.08. The normalized spacial score (nSPS) is 11.1. The summed E-state index contributed by atoms with van der Waals surface area (Å²) < 4.78 is 1.82. The third-order valence-corrected chi connectivity index (χ3v) is 2.88. The van der Waals surface area contributed by atoms with Crippen LogP contribution < -0.4 is 0 Å². The summed E-state index contributed by atoms with van der Waals surface area (Å²) in [5.74, 6) is 0. The molecule has 0 aliphatic heterocycles. The minimum absolute atomic E-state index is 0.583. The lowest BCUT2D eigenvalue weighted by Gasteiger charge is -2.04. The number of nitrogens with zero attached hydrogens (tertiary/aromatic N) is 2. The van der Waals surface area contributed by atoms with E-state index in [0.29, 0.717) is 5.69 Å². The van der Waals surface area contributed by atoms with Crippen LogP contribution in [0.5, 0.6) is 0 Å². The fraction of sp³-hybridized carbons (Fsp3) is 0.0769. The second-order valence-electron chi connectivity index (χ2n) is 3.85. The molecule has 0 amide bonds. The largest absolute Gasteiger partial charge is 0.297 e. The number of carbonyl (C=O) groups is 1. The van der Waals surface area contributed by atoms with E-state index in [4.69, 9.17) is 0 Å². The number of hydrogen-bond acceptors (Lipinski definition) is 2. The molecular weight excluding hydrogens is 200 g/mol.